The van der Waals surface area contributed by atoms with Crippen molar-refractivity contribution in [1.82, 2.24) is 9.47 Å². The standard InChI is InChI=1S/C19H24FN3O3S/c1-12-11-15(20)7-8-16(12)21-27(25,26)18-14(3)22(4)13(2)17(18)19(24)23-9-5-6-10-23/h7-8,11,21H,5-6,9-10H2,1-4H3. The van der Waals surface area contributed by atoms with Gasteiger partial charge >= 0.3 is 0 Å². The van der Waals surface area contributed by atoms with Crippen LogP contribution >= 0.6 is 0 Å². The van der Waals surface area contributed by atoms with Crippen molar-refractivity contribution in [2.45, 2.75) is 38.5 Å². The summed E-state index contributed by atoms with van der Waals surface area (Å²) in [6.07, 6.45) is 1.84. The minimum absolute atomic E-state index is 0.0110. The number of anilines is 1. The molecule has 3 rings (SSSR count). The first-order valence-electron chi connectivity index (χ1n) is 8.87. The highest BCUT2D eigenvalue weighted by molar-refractivity contribution is 7.92. The SMILES string of the molecule is Cc1cc(F)ccc1NS(=O)(=O)c1c(C(=O)N2CCCC2)c(C)n(C)c1C. The van der Waals surface area contributed by atoms with E-state index < -0.39 is 15.8 Å². The van der Waals surface area contributed by atoms with E-state index in [9.17, 15) is 17.6 Å². The third-order valence-electron chi connectivity index (χ3n) is 5.23. The molecule has 0 bridgehead atoms. The van der Waals surface area contributed by atoms with Crippen molar-refractivity contribution < 1.29 is 17.6 Å². The highest BCUT2D eigenvalue weighted by atomic mass is 32.2. The molecule has 1 aliphatic rings. The van der Waals surface area contributed by atoms with Gasteiger partial charge in [0, 0.05) is 31.5 Å². The molecular weight excluding hydrogens is 369 g/mol. The van der Waals surface area contributed by atoms with E-state index in [0.717, 1.165) is 12.8 Å². The molecule has 0 spiro atoms. The Balaban J connectivity index is 2.09. The van der Waals surface area contributed by atoms with Crippen LogP contribution < -0.4 is 4.72 Å². The van der Waals surface area contributed by atoms with Crippen LogP contribution in [0.15, 0.2) is 23.1 Å². The van der Waals surface area contributed by atoms with Crippen molar-refractivity contribution in [3.63, 3.8) is 0 Å². The number of nitrogens with zero attached hydrogens (tertiary/aromatic N) is 2. The highest BCUT2D eigenvalue weighted by Crippen LogP contribution is 2.30. The van der Waals surface area contributed by atoms with E-state index in [0.29, 0.717) is 30.0 Å². The van der Waals surface area contributed by atoms with E-state index in [-0.39, 0.29) is 22.1 Å². The number of aryl methyl sites for hydroxylation is 1. The maximum atomic E-state index is 13.3. The summed E-state index contributed by atoms with van der Waals surface area (Å²) in [5.41, 5.74) is 2.07. The van der Waals surface area contributed by atoms with Gasteiger partial charge in [0.2, 0.25) is 0 Å². The number of carbonyl (C=O) groups is 1. The van der Waals surface area contributed by atoms with E-state index in [1.165, 1.54) is 18.2 Å². The Morgan fingerprint density at radius 3 is 2.33 bits per heavy atom. The van der Waals surface area contributed by atoms with E-state index in [2.05, 4.69) is 4.72 Å². The van der Waals surface area contributed by atoms with Gasteiger partial charge in [0.05, 0.1) is 11.3 Å². The van der Waals surface area contributed by atoms with Crippen molar-refractivity contribution in [1.29, 1.82) is 0 Å². The Morgan fingerprint density at radius 1 is 1.11 bits per heavy atom. The van der Waals surface area contributed by atoms with Gasteiger partial charge in [0.25, 0.3) is 15.9 Å². The van der Waals surface area contributed by atoms with Crippen molar-refractivity contribution in [2.75, 3.05) is 17.8 Å². The lowest BCUT2D eigenvalue weighted by Crippen LogP contribution is -2.30. The monoisotopic (exact) mass is 393 g/mol. The molecule has 0 radical (unpaired) electrons. The van der Waals surface area contributed by atoms with Crippen LogP contribution in [0.5, 0.6) is 0 Å². The molecule has 1 aromatic carbocycles. The molecule has 0 aliphatic carbocycles. The molecule has 0 unspecified atom stereocenters. The number of benzene rings is 1. The van der Waals surface area contributed by atoms with E-state index >= 15 is 0 Å². The summed E-state index contributed by atoms with van der Waals surface area (Å²) in [5.74, 6) is -0.697. The zero-order chi connectivity index (χ0) is 19.9. The van der Waals surface area contributed by atoms with E-state index in [4.69, 9.17) is 0 Å². The summed E-state index contributed by atoms with van der Waals surface area (Å²) in [4.78, 5) is 14.7. The predicted octanol–water partition coefficient (Wildman–Crippen LogP) is 3.13. The Morgan fingerprint density at radius 2 is 1.74 bits per heavy atom. The topological polar surface area (TPSA) is 71.4 Å². The number of likely N-dealkylation sites (tertiary alicyclic amines) is 1. The number of nitrogens with one attached hydrogen (secondary N) is 1. The quantitative estimate of drug-likeness (QED) is 0.868. The second kappa shape index (κ2) is 6.99. The van der Waals surface area contributed by atoms with Crippen LogP contribution in [0.2, 0.25) is 0 Å². The first-order chi connectivity index (χ1) is 12.6. The number of aromatic nitrogens is 1. The Bertz CT molecular complexity index is 1010. The molecular formula is C19H24FN3O3S. The van der Waals surface area contributed by atoms with E-state index in [1.54, 1.807) is 37.3 Å². The molecule has 1 saturated heterocycles. The average Bonchev–Trinajstić information content (AvgIpc) is 3.20. The number of rotatable bonds is 4. The number of amides is 1. The summed E-state index contributed by atoms with van der Waals surface area (Å²) in [5, 5.41) is 0. The zero-order valence-electron chi connectivity index (χ0n) is 16.0. The van der Waals surface area contributed by atoms with Crippen LogP contribution in [-0.2, 0) is 17.1 Å². The molecule has 1 aliphatic heterocycles. The van der Waals surface area contributed by atoms with Gasteiger partial charge in [0.15, 0.2) is 0 Å². The Hall–Kier alpha value is -2.35. The molecule has 1 amide bonds. The fourth-order valence-electron chi connectivity index (χ4n) is 3.51. The van der Waals surface area contributed by atoms with Crippen LogP contribution in [0.3, 0.4) is 0 Å². The maximum Gasteiger partial charge on any atom is 0.264 e. The molecule has 146 valence electrons. The number of sulfonamides is 1. The number of hydrogen-bond acceptors (Lipinski definition) is 3. The number of halogens is 1. The maximum absolute atomic E-state index is 13.3. The first kappa shape index (κ1) is 19.4. The van der Waals surface area contributed by atoms with Gasteiger partial charge in [-0.25, -0.2) is 12.8 Å². The lowest BCUT2D eigenvalue weighted by molar-refractivity contribution is 0.0788. The largest absolute Gasteiger partial charge is 0.350 e. The smallest absolute Gasteiger partial charge is 0.264 e. The van der Waals surface area contributed by atoms with Gasteiger partial charge in [-0.2, -0.15) is 0 Å². The summed E-state index contributed by atoms with van der Waals surface area (Å²) in [7, 11) is -2.28. The van der Waals surface area contributed by atoms with Crippen LogP contribution in [0.25, 0.3) is 0 Å². The van der Waals surface area contributed by atoms with Gasteiger partial charge in [-0.15, -0.1) is 0 Å². The minimum Gasteiger partial charge on any atom is -0.350 e. The van der Waals surface area contributed by atoms with Gasteiger partial charge in [-0.1, -0.05) is 0 Å². The average molecular weight is 393 g/mol. The Labute approximate surface area is 159 Å². The first-order valence-corrected chi connectivity index (χ1v) is 10.4. The van der Waals surface area contributed by atoms with Gasteiger partial charge < -0.3 is 9.47 Å². The highest BCUT2D eigenvalue weighted by Gasteiger charge is 2.33. The second-order valence-electron chi connectivity index (χ2n) is 7.00. The number of hydrogen-bond donors (Lipinski definition) is 1. The molecule has 1 aromatic heterocycles. The minimum atomic E-state index is -4.03. The summed E-state index contributed by atoms with van der Waals surface area (Å²) in [6.45, 7) is 6.32. The van der Waals surface area contributed by atoms with Crippen LogP contribution in [-0.4, -0.2) is 36.9 Å². The molecule has 2 heterocycles. The molecule has 27 heavy (non-hydrogen) atoms. The van der Waals surface area contributed by atoms with Crippen molar-refractivity contribution in [2.24, 2.45) is 7.05 Å². The molecule has 6 nitrogen and oxygen atoms in total. The number of carbonyl (C=O) groups excluding carboxylic acids is 1. The fourth-order valence-corrected chi connectivity index (χ4v) is 5.16. The van der Waals surface area contributed by atoms with Gasteiger partial charge in [0.1, 0.15) is 10.7 Å². The van der Waals surface area contributed by atoms with Crippen LogP contribution in [0.4, 0.5) is 10.1 Å². The van der Waals surface area contributed by atoms with Crippen molar-refractivity contribution in [3.05, 3.63) is 46.5 Å². The van der Waals surface area contributed by atoms with E-state index in [1.807, 2.05) is 0 Å². The fraction of sp³-hybridized carbons (Fsp3) is 0.421. The summed E-state index contributed by atoms with van der Waals surface area (Å²) in [6, 6.07) is 3.84. The lowest BCUT2D eigenvalue weighted by Gasteiger charge is -2.17. The molecule has 0 saturated carbocycles. The molecule has 1 N–H and O–H groups in total. The third kappa shape index (κ3) is 3.45. The lowest BCUT2D eigenvalue weighted by atomic mass is 10.2. The third-order valence-corrected chi connectivity index (χ3v) is 6.76. The summed E-state index contributed by atoms with van der Waals surface area (Å²) >= 11 is 0. The van der Waals surface area contributed by atoms with Crippen molar-refractivity contribution in [3.8, 4) is 0 Å². The van der Waals surface area contributed by atoms with Gasteiger partial charge in [-0.05, 0) is 57.4 Å². The van der Waals surface area contributed by atoms with Crippen LogP contribution in [0.1, 0.15) is 40.2 Å². The molecule has 0 atom stereocenters. The zero-order valence-corrected chi connectivity index (χ0v) is 16.8. The molecule has 1 fully saturated rings. The normalized spacial score (nSPS) is 14.6. The van der Waals surface area contributed by atoms with Crippen molar-refractivity contribution >= 4 is 21.6 Å². The summed E-state index contributed by atoms with van der Waals surface area (Å²) < 4.78 is 43.9. The van der Waals surface area contributed by atoms with Crippen LogP contribution in [0, 0.1) is 26.6 Å². The molecule has 8 heteroatoms. The van der Waals surface area contributed by atoms with Gasteiger partial charge in [-0.3, -0.25) is 9.52 Å². The second-order valence-corrected chi connectivity index (χ2v) is 8.62. The Kier molecular flexibility index (Phi) is 5.03. The molecule has 2 aromatic rings. The predicted molar refractivity (Wildman–Crippen MR) is 102 cm³/mol.